The maximum absolute atomic E-state index is 2.66. The van der Waals surface area contributed by atoms with E-state index in [0.717, 1.165) is 5.37 Å². The van der Waals surface area contributed by atoms with Crippen LogP contribution in [0.4, 0.5) is 0 Å². The van der Waals surface area contributed by atoms with Crippen LogP contribution in [0.3, 0.4) is 0 Å². The van der Waals surface area contributed by atoms with Crippen LogP contribution in [0.2, 0.25) is 0 Å². The van der Waals surface area contributed by atoms with Crippen LogP contribution in [0, 0.1) is 0 Å². The average Bonchev–Trinajstić information content (AvgIpc) is 1.86. The first-order valence-corrected chi connectivity index (χ1v) is 7.11. The number of hydrogen-bond donors (Lipinski definition) is 0. The predicted octanol–water partition coefficient (Wildman–Crippen LogP) is 1.18. The second-order valence-corrected chi connectivity index (χ2v) is 6.42. The molecule has 0 aromatic carbocycles. The number of unbranched alkanes of at least 4 members (excludes halogenated alkanes) is 1. The molecule has 1 rings (SSSR count). The lowest BCUT2D eigenvalue weighted by molar-refractivity contribution is 0.419. The Kier molecular flexibility index (Phi) is 3.08. The summed E-state index contributed by atoms with van der Waals surface area (Å²) in [6.07, 6.45) is 2.75. The highest BCUT2D eigenvalue weighted by atomic mass is 32.4. The molecule has 0 spiro atoms. The van der Waals surface area contributed by atoms with Gasteiger partial charge in [-0.1, -0.05) is 13.3 Å². The molecule has 1 aliphatic rings. The largest absolute Gasteiger partial charge is 0.309 e. The molecular weight excluding hydrogens is 146 g/mol. The second-order valence-electron chi connectivity index (χ2n) is 2.56. The lowest BCUT2D eigenvalue weighted by Gasteiger charge is -2.37. The topological polar surface area (TPSA) is 3.24 Å². The zero-order valence-corrected chi connectivity index (χ0v) is 8.49. The molecule has 0 aromatic rings. The lowest BCUT2D eigenvalue weighted by atomic mass is 10.3. The molecule has 0 saturated carbocycles. The molecule has 0 radical (unpaired) electrons. The molecule has 9 heavy (non-hydrogen) atoms. The molecule has 1 heterocycles. The monoisotopic (exact) mass is 161 g/mol. The van der Waals surface area contributed by atoms with Gasteiger partial charge in [-0.15, -0.1) is 0 Å². The van der Waals surface area contributed by atoms with Crippen LogP contribution in [0.1, 0.15) is 26.7 Å². The van der Waals surface area contributed by atoms with Gasteiger partial charge in [-0.2, -0.15) is 11.2 Å². The smallest absolute Gasteiger partial charge is 0.161 e. The highest BCUT2D eigenvalue weighted by Gasteiger charge is 2.22. The van der Waals surface area contributed by atoms with Gasteiger partial charge < -0.3 is 4.57 Å². The minimum atomic E-state index is 0.201. The van der Waals surface area contributed by atoms with E-state index in [1.807, 2.05) is 0 Å². The van der Waals surface area contributed by atoms with Gasteiger partial charge in [0.05, 0.1) is 0 Å². The van der Waals surface area contributed by atoms with Gasteiger partial charge in [0.2, 0.25) is 0 Å². The van der Waals surface area contributed by atoms with Crippen molar-refractivity contribution < 1.29 is 0 Å². The minimum Gasteiger partial charge on any atom is -0.309 e. The molecule has 1 saturated heterocycles. The van der Waals surface area contributed by atoms with Crippen LogP contribution in [0.5, 0.6) is 0 Å². The molecule has 0 bridgehead atoms. The molecule has 1 fully saturated rings. The standard InChI is InChI=1S/C6H15NSSi/c1-3-4-5-7-6(2)8-9-7/h6H,3-5,9H2,1-2H3. The first-order valence-electron chi connectivity index (χ1n) is 3.70. The summed E-state index contributed by atoms with van der Waals surface area (Å²) in [4.78, 5) is 0. The zero-order valence-electron chi connectivity index (χ0n) is 6.26. The number of hydrogen-bond acceptors (Lipinski definition) is 2. The van der Waals surface area contributed by atoms with Gasteiger partial charge >= 0.3 is 0 Å². The zero-order chi connectivity index (χ0) is 6.69. The lowest BCUT2D eigenvalue weighted by Crippen LogP contribution is -2.43. The Morgan fingerprint density at radius 2 is 2.44 bits per heavy atom. The van der Waals surface area contributed by atoms with Crippen molar-refractivity contribution >= 4 is 20.0 Å². The van der Waals surface area contributed by atoms with E-state index in [-0.39, 0.29) is 8.83 Å². The third-order valence-electron chi connectivity index (χ3n) is 1.79. The van der Waals surface area contributed by atoms with Crippen molar-refractivity contribution in [2.45, 2.75) is 32.1 Å². The summed E-state index contributed by atoms with van der Waals surface area (Å²) in [7, 11) is 0.201. The molecule has 1 aliphatic heterocycles. The van der Waals surface area contributed by atoms with Crippen LogP contribution < -0.4 is 0 Å². The van der Waals surface area contributed by atoms with Crippen molar-refractivity contribution in [2.75, 3.05) is 6.54 Å². The molecule has 3 heteroatoms. The van der Waals surface area contributed by atoms with Gasteiger partial charge in [-0.05, 0) is 19.9 Å². The summed E-state index contributed by atoms with van der Waals surface area (Å²) < 4.78 is 2.66. The molecule has 1 nitrogen and oxygen atoms in total. The van der Waals surface area contributed by atoms with E-state index in [4.69, 9.17) is 0 Å². The van der Waals surface area contributed by atoms with Gasteiger partial charge in [-0.3, -0.25) is 0 Å². The average molecular weight is 161 g/mol. The summed E-state index contributed by atoms with van der Waals surface area (Å²) in [6.45, 7) is 5.95. The molecule has 1 unspecified atom stereocenters. The highest BCUT2D eigenvalue weighted by molar-refractivity contribution is 8.24. The van der Waals surface area contributed by atoms with E-state index in [1.165, 1.54) is 19.4 Å². The van der Waals surface area contributed by atoms with E-state index in [2.05, 4.69) is 29.6 Å². The summed E-state index contributed by atoms with van der Waals surface area (Å²) in [5, 5.41) is 0.864. The fraction of sp³-hybridized carbons (Fsp3) is 1.00. The minimum absolute atomic E-state index is 0.201. The van der Waals surface area contributed by atoms with Crippen molar-refractivity contribution in [3.05, 3.63) is 0 Å². The second kappa shape index (κ2) is 3.64. The quantitative estimate of drug-likeness (QED) is 0.572. The fourth-order valence-corrected chi connectivity index (χ4v) is 4.41. The van der Waals surface area contributed by atoms with Gasteiger partial charge in [0.1, 0.15) is 0 Å². The van der Waals surface area contributed by atoms with Crippen molar-refractivity contribution in [3.8, 4) is 0 Å². The summed E-state index contributed by atoms with van der Waals surface area (Å²) >= 11 is 2.18. The van der Waals surface area contributed by atoms with E-state index < -0.39 is 0 Å². The Labute approximate surface area is 63.7 Å². The number of rotatable bonds is 3. The van der Waals surface area contributed by atoms with Crippen LogP contribution in [-0.4, -0.2) is 25.3 Å². The fourth-order valence-electron chi connectivity index (χ4n) is 0.937. The molecule has 0 aliphatic carbocycles. The summed E-state index contributed by atoms with van der Waals surface area (Å²) in [5.74, 6) is 0. The van der Waals surface area contributed by atoms with Crippen molar-refractivity contribution in [1.82, 2.24) is 4.57 Å². The maximum atomic E-state index is 2.66. The Morgan fingerprint density at radius 3 is 2.78 bits per heavy atom. The van der Waals surface area contributed by atoms with Crippen LogP contribution in [0.25, 0.3) is 0 Å². The Balaban J connectivity index is 1.99. The Morgan fingerprint density at radius 1 is 1.67 bits per heavy atom. The Bertz CT molecular complexity index is 89.1. The third kappa shape index (κ3) is 1.99. The Hall–Kier alpha value is 0.527. The molecule has 54 valence electrons. The summed E-state index contributed by atoms with van der Waals surface area (Å²) in [6, 6.07) is 0. The van der Waals surface area contributed by atoms with Gasteiger partial charge in [-0.25, -0.2) is 0 Å². The van der Waals surface area contributed by atoms with Gasteiger partial charge in [0.25, 0.3) is 0 Å². The highest BCUT2D eigenvalue weighted by Crippen LogP contribution is 2.25. The first-order chi connectivity index (χ1) is 4.34. The van der Waals surface area contributed by atoms with E-state index in [0.29, 0.717) is 0 Å². The van der Waals surface area contributed by atoms with E-state index in [1.54, 1.807) is 0 Å². The summed E-state index contributed by atoms with van der Waals surface area (Å²) in [5.41, 5.74) is 0. The molecule has 0 aromatic heterocycles. The third-order valence-corrected chi connectivity index (χ3v) is 7.07. The van der Waals surface area contributed by atoms with Crippen molar-refractivity contribution in [2.24, 2.45) is 0 Å². The van der Waals surface area contributed by atoms with Crippen LogP contribution >= 0.6 is 11.2 Å². The molecule has 0 amide bonds. The number of nitrogens with zero attached hydrogens (tertiary/aromatic N) is 1. The van der Waals surface area contributed by atoms with E-state index >= 15 is 0 Å². The van der Waals surface area contributed by atoms with Crippen LogP contribution in [-0.2, 0) is 0 Å². The van der Waals surface area contributed by atoms with Crippen molar-refractivity contribution in [1.29, 1.82) is 0 Å². The normalized spacial score (nSPS) is 30.7. The molecular formula is C6H15NSSi. The van der Waals surface area contributed by atoms with Crippen LogP contribution in [0.15, 0.2) is 0 Å². The predicted molar refractivity (Wildman–Crippen MR) is 47.2 cm³/mol. The first kappa shape index (κ1) is 7.63. The molecule has 0 N–H and O–H groups in total. The SMILES string of the molecule is CCCCN1[SiH2]SC1C. The van der Waals surface area contributed by atoms with Gasteiger partial charge in [0.15, 0.2) is 8.83 Å². The maximum Gasteiger partial charge on any atom is 0.161 e. The molecule has 1 atom stereocenters. The van der Waals surface area contributed by atoms with Gasteiger partial charge in [0, 0.05) is 5.37 Å². The van der Waals surface area contributed by atoms with Crippen molar-refractivity contribution in [3.63, 3.8) is 0 Å². The van der Waals surface area contributed by atoms with E-state index in [9.17, 15) is 0 Å².